The highest BCUT2D eigenvalue weighted by Gasteiger charge is 2.19. The van der Waals surface area contributed by atoms with Gasteiger partial charge in [0.2, 0.25) is 5.91 Å². The molecule has 31 heavy (non-hydrogen) atoms. The fourth-order valence-electron chi connectivity index (χ4n) is 3.34. The Morgan fingerprint density at radius 2 is 1.84 bits per heavy atom. The van der Waals surface area contributed by atoms with Crippen LogP contribution < -0.4 is 16.6 Å². The number of carbonyl (C=O) groups is 1. The second kappa shape index (κ2) is 7.92. The molecule has 6 nitrogen and oxygen atoms in total. The summed E-state index contributed by atoms with van der Waals surface area (Å²) >= 11 is 1.16. The molecular weight excluding hydrogens is 424 g/mol. The van der Waals surface area contributed by atoms with Crippen LogP contribution in [0.5, 0.6) is 0 Å². The maximum atomic E-state index is 13.9. The van der Waals surface area contributed by atoms with Crippen LogP contribution >= 0.6 is 11.3 Å². The van der Waals surface area contributed by atoms with Crippen molar-refractivity contribution in [1.82, 2.24) is 9.13 Å². The lowest BCUT2D eigenvalue weighted by molar-refractivity contribution is -0.116. The zero-order valence-corrected chi connectivity index (χ0v) is 17.4. The van der Waals surface area contributed by atoms with Gasteiger partial charge in [-0.1, -0.05) is 12.1 Å². The Morgan fingerprint density at radius 3 is 2.58 bits per heavy atom. The van der Waals surface area contributed by atoms with Crippen LogP contribution in [0.1, 0.15) is 11.1 Å². The fraction of sp³-hybridized carbons (Fsp3) is 0.136. The van der Waals surface area contributed by atoms with Crippen molar-refractivity contribution < 1.29 is 13.6 Å². The number of hydrogen-bond acceptors (Lipinski definition) is 4. The third-order valence-electron chi connectivity index (χ3n) is 4.87. The molecule has 0 bridgehead atoms. The molecule has 0 aliphatic carbocycles. The van der Waals surface area contributed by atoms with Crippen LogP contribution in [-0.2, 0) is 11.3 Å². The van der Waals surface area contributed by atoms with Gasteiger partial charge in [-0.25, -0.2) is 18.1 Å². The van der Waals surface area contributed by atoms with E-state index in [2.05, 4.69) is 5.32 Å². The van der Waals surface area contributed by atoms with E-state index in [0.29, 0.717) is 22.0 Å². The molecule has 2 heterocycles. The van der Waals surface area contributed by atoms with Gasteiger partial charge in [0.1, 0.15) is 22.9 Å². The zero-order valence-electron chi connectivity index (χ0n) is 16.6. The van der Waals surface area contributed by atoms with E-state index in [1.165, 1.54) is 4.57 Å². The molecule has 0 saturated heterocycles. The van der Waals surface area contributed by atoms with E-state index in [4.69, 9.17) is 0 Å². The standard InChI is InChI=1S/C22H17F2N3O3S/c1-12-3-4-13(2)18(9-12)27-21(29)20-17(7-8-31-20)26(22(27)30)11-19(28)25-16-6-5-14(23)10-15(16)24/h3-10H,11H2,1-2H3,(H,25,28). The Balaban J connectivity index is 1.82. The number of fused-ring (bicyclic) bond motifs is 1. The molecule has 2 aromatic carbocycles. The van der Waals surface area contributed by atoms with Crippen molar-refractivity contribution in [2.75, 3.05) is 5.32 Å². The molecule has 158 valence electrons. The number of aromatic nitrogens is 2. The maximum Gasteiger partial charge on any atom is 0.336 e. The summed E-state index contributed by atoms with van der Waals surface area (Å²) in [6.45, 7) is 3.18. The molecular formula is C22H17F2N3O3S. The van der Waals surface area contributed by atoms with Crippen LogP contribution in [0.15, 0.2) is 57.4 Å². The number of amides is 1. The first-order valence-corrected chi connectivity index (χ1v) is 10.2. The molecule has 2 aromatic heterocycles. The predicted octanol–water partition coefficient (Wildman–Crippen LogP) is 3.75. The molecule has 9 heteroatoms. The van der Waals surface area contributed by atoms with E-state index in [1.54, 1.807) is 24.4 Å². The number of carbonyl (C=O) groups excluding carboxylic acids is 1. The van der Waals surface area contributed by atoms with Crippen molar-refractivity contribution in [1.29, 1.82) is 0 Å². The lowest BCUT2D eigenvalue weighted by Crippen LogP contribution is -2.40. The average molecular weight is 441 g/mol. The summed E-state index contributed by atoms with van der Waals surface area (Å²) in [4.78, 5) is 38.9. The van der Waals surface area contributed by atoms with E-state index in [1.807, 2.05) is 19.1 Å². The quantitative estimate of drug-likeness (QED) is 0.524. The van der Waals surface area contributed by atoms with E-state index < -0.39 is 35.3 Å². The SMILES string of the molecule is Cc1ccc(C)c(-n2c(=O)c3sccc3n(CC(=O)Nc3ccc(F)cc3F)c2=O)c1. The van der Waals surface area contributed by atoms with Gasteiger partial charge in [0.15, 0.2) is 0 Å². The highest BCUT2D eigenvalue weighted by molar-refractivity contribution is 7.17. The van der Waals surface area contributed by atoms with Crippen molar-refractivity contribution >= 4 is 33.1 Å². The van der Waals surface area contributed by atoms with Gasteiger partial charge in [-0.05, 0) is 54.6 Å². The number of halogens is 2. The number of thiophene rings is 1. The first kappa shape index (κ1) is 20.7. The Labute approximate surface area is 179 Å². The van der Waals surface area contributed by atoms with Crippen molar-refractivity contribution in [3.63, 3.8) is 0 Å². The van der Waals surface area contributed by atoms with Gasteiger partial charge in [0.25, 0.3) is 5.56 Å². The molecule has 0 radical (unpaired) electrons. The van der Waals surface area contributed by atoms with Crippen molar-refractivity contribution in [2.24, 2.45) is 0 Å². The minimum absolute atomic E-state index is 0.205. The third kappa shape index (κ3) is 3.79. The van der Waals surface area contributed by atoms with Crippen LogP contribution in [0.4, 0.5) is 14.5 Å². The second-order valence-electron chi connectivity index (χ2n) is 7.11. The first-order valence-electron chi connectivity index (χ1n) is 9.32. The van der Waals surface area contributed by atoms with Crippen molar-refractivity contribution in [3.05, 3.63) is 91.4 Å². The number of nitrogens with zero attached hydrogens (tertiary/aromatic N) is 2. The third-order valence-corrected chi connectivity index (χ3v) is 5.76. The van der Waals surface area contributed by atoms with Crippen LogP contribution in [0.2, 0.25) is 0 Å². The van der Waals surface area contributed by atoms with Gasteiger partial charge in [0.05, 0.1) is 16.9 Å². The lowest BCUT2D eigenvalue weighted by Gasteiger charge is -2.14. The summed E-state index contributed by atoms with van der Waals surface area (Å²) in [5.41, 5.74) is 0.993. The minimum Gasteiger partial charge on any atom is -0.322 e. The molecule has 0 atom stereocenters. The molecule has 0 spiro atoms. The number of benzene rings is 2. The molecule has 4 rings (SSSR count). The van der Waals surface area contributed by atoms with E-state index >= 15 is 0 Å². The van der Waals surface area contributed by atoms with E-state index in [-0.39, 0.29) is 5.69 Å². The molecule has 0 unspecified atom stereocenters. The minimum atomic E-state index is -0.929. The molecule has 0 aliphatic rings. The Hall–Kier alpha value is -3.59. The van der Waals surface area contributed by atoms with Gasteiger partial charge in [0, 0.05) is 6.07 Å². The smallest absolute Gasteiger partial charge is 0.322 e. The van der Waals surface area contributed by atoms with Gasteiger partial charge in [-0.15, -0.1) is 11.3 Å². The Kier molecular flexibility index (Phi) is 5.28. The van der Waals surface area contributed by atoms with Gasteiger partial charge < -0.3 is 5.32 Å². The van der Waals surface area contributed by atoms with E-state index in [9.17, 15) is 23.2 Å². The number of anilines is 1. The highest BCUT2D eigenvalue weighted by Crippen LogP contribution is 2.19. The lowest BCUT2D eigenvalue weighted by atomic mass is 10.1. The van der Waals surface area contributed by atoms with Crippen LogP contribution in [0.25, 0.3) is 15.9 Å². The predicted molar refractivity (Wildman–Crippen MR) is 116 cm³/mol. The van der Waals surface area contributed by atoms with Crippen LogP contribution in [0, 0.1) is 25.5 Å². The van der Waals surface area contributed by atoms with E-state index in [0.717, 1.165) is 39.2 Å². The van der Waals surface area contributed by atoms with Gasteiger partial charge >= 0.3 is 5.69 Å². The number of rotatable bonds is 4. The van der Waals surface area contributed by atoms with Gasteiger partial charge in [-0.2, -0.15) is 0 Å². The Bertz CT molecular complexity index is 1450. The zero-order chi connectivity index (χ0) is 22.3. The number of nitrogens with one attached hydrogen (secondary N) is 1. The van der Waals surface area contributed by atoms with Crippen molar-refractivity contribution in [3.8, 4) is 5.69 Å². The number of aryl methyl sites for hydroxylation is 2. The number of hydrogen-bond donors (Lipinski definition) is 1. The summed E-state index contributed by atoms with van der Waals surface area (Å²) in [5.74, 6) is -2.39. The molecule has 1 amide bonds. The molecule has 0 fully saturated rings. The monoisotopic (exact) mass is 441 g/mol. The first-order chi connectivity index (χ1) is 14.8. The topological polar surface area (TPSA) is 73.1 Å². The van der Waals surface area contributed by atoms with Crippen LogP contribution in [0.3, 0.4) is 0 Å². The Morgan fingerprint density at radius 1 is 1.06 bits per heavy atom. The molecule has 0 aliphatic heterocycles. The van der Waals surface area contributed by atoms with Crippen molar-refractivity contribution in [2.45, 2.75) is 20.4 Å². The maximum absolute atomic E-state index is 13.9. The fourth-order valence-corrected chi connectivity index (χ4v) is 4.16. The average Bonchev–Trinajstić information content (AvgIpc) is 3.20. The summed E-state index contributed by atoms with van der Waals surface area (Å²) in [7, 11) is 0. The van der Waals surface area contributed by atoms with Gasteiger partial charge in [-0.3, -0.25) is 14.2 Å². The summed E-state index contributed by atoms with van der Waals surface area (Å²) in [6.07, 6.45) is 0. The summed E-state index contributed by atoms with van der Waals surface area (Å²) in [6, 6.07) is 9.77. The molecule has 1 N–H and O–H groups in total. The highest BCUT2D eigenvalue weighted by atomic mass is 32.1. The summed E-state index contributed by atoms with van der Waals surface area (Å²) in [5, 5.41) is 4.00. The van der Waals surface area contributed by atoms with Crippen LogP contribution in [-0.4, -0.2) is 15.0 Å². The normalized spacial score (nSPS) is 11.1. The molecule has 0 saturated carbocycles. The largest absolute Gasteiger partial charge is 0.336 e. The molecule has 4 aromatic rings. The second-order valence-corrected chi connectivity index (χ2v) is 8.02. The summed E-state index contributed by atoms with van der Waals surface area (Å²) < 4.78 is 29.5.